The molecule has 9 heteroatoms. The molecular formula is C47H62Cl2N4O3. The van der Waals surface area contributed by atoms with Crippen LogP contribution in [0.3, 0.4) is 0 Å². The van der Waals surface area contributed by atoms with Crippen LogP contribution in [0.5, 0.6) is 0 Å². The zero-order chi connectivity index (χ0) is 40.6. The normalized spacial score (nSPS) is 18.0. The lowest BCUT2D eigenvalue weighted by atomic mass is 9.94. The number of nitrogens with one attached hydrogen (secondary N) is 2. The number of benzene rings is 3. The van der Waals surface area contributed by atoms with Crippen LogP contribution in [0.2, 0.25) is 10.0 Å². The Hall–Kier alpha value is -4.07. The molecule has 2 atom stereocenters. The van der Waals surface area contributed by atoms with Gasteiger partial charge in [0.05, 0.1) is 0 Å². The van der Waals surface area contributed by atoms with E-state index in [0.717, 1.165) is 78.7 Å². The van der Waals surface area contributed by atoms with Crippen LogP contribution in [-0.4, -0.2) is 66.4 Å². The summed E-state index contributed by atoms with van der Waals surface area (Å²) in [4.78, 5) is 41.5. The lowest BCUT2D eigenvalue weighted by Crippen LogP contribution is -2.42. The van der Waals surface area contributed by atoms with E-state index in [4.69, 9.17) is 23.2 Å². The molecule has 1 saturated carbocycles. The highest BCUT2D eigenvalue weighted by Crippen LogP contribution is 2.30. The van der Waals surface area contributed by atoms with Gasteiger partial charge in [-0.1, -0.05) is 112 Å². The van der Waals surface area contributed by atoms with Gasteiger partial charge in [0.15, 0.2) is 0 Å². The summed E-state index contributed by atoms with van der Waals surface area (Å²) in [5, 5.41) is 7.36. The van der Waals surface area contributed by atoms with Gasteiger partial charge < -0.3 is 20.4 Å². The van der Waals surface area contributed by atoms with Crippen LogP contribution in [-0.2, 0) is 16.0 Å². The van der Waals surface area contributed by atoms with Crippen molar-refractivity contribution in [3.8, 4) is 0 Å². The summed E-state index contributed by atoms with van der Waals surface area (Å²) in [7, 11) is 0. The molecule has 2 N–H and O–H groups in total. The first-order valence-corrected chi connectivity index (χ1v) is 21.3. The Balaban J connectivity index is 0.000000238. The van der Waals surface area contributed by atoms with Crippen molar-refractivity contribution in [3.05, 3.63) is 118 Å². The summed E-state index contributed by atoms with van der Waals surface area (Å²) >= 11 is 12.2. The Bertz CT molecular complexity index is 1790. The second-order valence-electron chi connectivity index (χ2n) is 15.1. The van der Waals surface area contributed by atoms with Crippen molar-refractivity contribution in [2.24, 2.45) is 11.8 Å². The number of nitrogens with zero attached hydrogens (tertiary/aromatic N) is 2. The van der Waals surface area contributed by atoms with Gasteiger partial charge in [0, 0.05) is 48.8 Å². The van der Waals surface area contributed by atoms with E-state index in [1.165, 1.54) is 24.8 Å². The maximum Gasteiger partial charge on any atom is 0.317 e. The van der Waals surface area contributed by atoms with Gasteiger partial charge in [0.1, 0.15) is 5.92 Å². The number of carbonyl (C=O) groups is 3. The van der Waals surface area contributed by atoms with E-state index in [9.17, 15) is 14.4 Å². The highest BCUT2D eigenvalue weighted by Gasteiger charge is 2.40. The first kappa shape index (κ1) is 44.6. The molecule has 1 aliphatic carbocycles. The van der Waals surface area contributed by atoms with Gasteiger partial charge in [-0.25, -0.2) is 4.79 Å². The number of halogens is 2. The number of carbonyl (C=O) groups excluding carboxylic acids is 3. The van der Waals surface area contributed by atoms with E-state index < -0.39 is 5.92 Å². The molecule has 3 aromatic rings. The molecule has 0 aromatic heterocycles. The number of likely N-dealkylation sites (tertiary alicyclic amines) is 2. The molecule has 4 amide bonds. The maximum absolute atomic E-state index is 12.7. The van der Waals surface area contributed by atoms with Crippen LogP contribution in [0, 0.1) is 25.7 Å². The average Bonchev–Trinajstić information content (AvgIpc) is 3.84. The van der Waals surface area contributed by atoms with Crippen molar-refractivity contribution in [1.29, 1.82) is 0 Å². The molecule has 2 heterocycles. The molecule has 0 radical (unpaired) electrons. The molecule has 0 bridgehead atoms. The van der Waals surface area contributed by atoms with Gasteiger partial charge in [0.2, 0.25) is 11.8 Å². The fourth-order valence-electron chi connectivity index (χ4n) is 7.94. The highest BCUT2D eigenvalue weighted by atomic mass is 35.5. The molecule has 3 fully saturated rings. The molecule has 2 unspecified atom stereocenters. The summed E-state index contributed by atoms with van der Waals surface area (Å²) < 4.78 is 0. The fraction of sp³-hybridized carbons (Fsp3) is 0.468. The second kappa shape index (κ2) is 22.6. The third-order valence-electron chi connectivity index (χ3n) is 11.1. The summed E-state index contributed by atoms with van der Waals surface area (Å²) in [6, 6.07) is 22.4. The Morgan fingerprint density at radius 2 is 1.32 bits per heavy atom. The molecule has 3 aliphatic rings. The minimum Gasteiger partial charge on any atom is -0.355 e. The van der Waals surface area contributed by atoms with Crippen molar-refractivity contribution < 1.29 is 14.4 Å². The maximum atomic E-state index is 12.7. The van der Waals surface area contributed by atoms with Crippen molar-refractivity contribution >= 4 is 52.2 Å². The molecule has 3 aromatic carbocycles. The Morgan fingerprint density at radius 3 is 1.91 bits per heavy atom. The van der Waals surface area contributed by atoms with Crippen LogP contribution in [0.15, 0.2) is 79.9 Å². The zero-order valence-corrected chi connectivity index (χ0v) is 35.5. The van der Waals surface area contributed by atoms with Gasteiger partial charge in [-0.05, 0) is 128 Å². The lowest BCUT2D eigenvalue weighted by Gasteiger charge is -2.31. The third kappa shape index (κ3) is 13.0. The van der Waals surface area contributed by atoms with Gasteiger partial charge >= 0.3 is 6.03 Å². The Labute approximate surface area is 345 Å². The summed E-state index contributed by atoms with van der Waals surface area (Å²) in [6.45, 7) is 19.8. The molecule has 2 saturated heterocycles. The molecule has 2 aliphatic heterocycles. The zero-order valence-electron chi connectivity index (χ0n) is 34.0. The van der Waals surface area contributed by atoms with Gasteiger partial charge in [-0.15, -0.1) is 0 Å². The van der Waals surface area contributed by atoms with E-state index >= 15 is 0 Å². The summed E-state index contributed by atoms with van der Waals surface area (Å²) in [6.07, 6.45) is 9.90. The van der Waals surface area contributed by atoms with E-state index in [-0.39, 0.29) is 17.8 Å². The van der Waals surface area contributed by atoms with Crippen LogP contribution in [0.1, 0.15) is 99.5 Å². The second-order valence-corrected chi connectivity index (χ2v) is 16.0. The highest BCUT2D eigenvalue weighted by molar-refractivity contribution is 6.31. The number of hydrogen-bond donors (Lipinski definition) is 2. The van der Waals surface area contributed by atoms with E-state index in [2.05, 4.69) is 48.1 Å². The quantitative estimate of drug-likeness (QED) is 0.179. The van der Waals surface area contributed by atoms with Crippen molar-refractivity contribution in [3.63, 3.8) is 0 Å². The molecule has 56 heavy (non-hydrogen) atoms. The van der Waals surface area contributed by atoms with Crippen LogP contribution in [0.4, 0.5) is 4.79 Å². The van der Waals surface area contributed by atoms with Gasteiger partial charge in [-0.3, -0.25) is 9.59 Å². The lowest BCUT2D eigenvalue weighted by molar-refractivity contribution is -0.139. The topological polar surface area (TPSA) is 81.8 Å². The standard InChI is InChI=1S/C23H27ClN2O.C22H29ClN2O2.C2H6/c1-17-8-9-21(24)15-22(17)18(2)10-12-25-23(27)26-13-11-20(16-26)14-19-6-4-3-5-7-19;1-15-8-9-17(23)14-20(15)16(2)10-12-24-21(26)19-11-13-25(22(19)27)18-6-4-3-5-7-18;1-2/h3-9,15,20H,2,10-14,16H2,1H3,(H,25,27);8-9,14,18-19H,2-7,10-13H2,1H3,(H,24,26);1-2H3. The van der Waals surface area contributed by atoms with E-state index in [1.807, 2.05) is 80.0 Å². The summed E-state index contributed by atoms with van der Waals surface area (Å²) in [5.74, 6) is -0.104. The molecule has 7 nitrogen and oxygen atoms in total. The number of rotatable bonds is 12. The average molecular weight is 802 g/mol. The third-order valence-corrected chi connectivity index (χ3v) is 11.6. The largest absolute Gasteiger partial charge is 0.355 e. The SMILES string of the molecule is C=C(CCNC(=O)C1CCN(C2CCCCC2)C1=O)c1cc(Cl)ccc1C.C=C(CCNC(=O)N1CCC(Cc2ccccc2)C1)c1cc(Cl)ccc1C.CC. The van der Waals surface area contributed by atoms with Gasteiger partial charge in [-0.2, -0.15) is 0 Å². The Morgan fingerprint density at radius 1 is 0.750 bits per heavy atom. The molecule has 6 rings (SSSR count). The van der Waals surface area contributed by atoms with Crippen molar-refractivity contribution in [2.75, 3.05) is 32.7 Å². The summed E-state index contributed by atoms with van der Waals surface area (Å²) in [5.41, 5.74) is 7.65. The van der Waals surface area contributed by atoms with Crippen LogP contribution in [0.25, 0.3) is 11.1 Å². The fourth-order valence-corrected chi connectivity index (χ4v) is 8.29. The minimum atomic E-state index is -0.520. The number of urea groups is 1. The molecule has 302 valence electrons. The van der Waals surface area contributed by atoms with Crippen LogP contribution >= 0.6 is 23.2 Å². The van der Waals surface area contributed by atoms with Crippen molar-refractivity contribution in [2.45, 2.75) is 97.9 Å². The predicted octanol–water partition coefficient (Wildman–Crippen LogP) is 10.7. The molecule has 0 spiro atoms. The first-order chi connectivity index (χ1) is 27.0. The monoisotopic (exact) mass is 800 g/mol. The number of aryl methyl sites for hydroxylation is 2. The smallest absolute Gasteiger partial charge is 0.317 e. The van der Waals surface area contributed by atoms with E-state index in [0.29, 0.717) is 54.4 Å². The first-order valence-electron chi connectivity index (χ1n) is 20.5. The van der Waals surface area contributed by atoms with Crippen LogP contribution < -0.4 is 10.6 Å². The van der Waals surface area contributed by atoms with Gasteiger partial charge in [0.25, 0.3) is 0 Å². The molecular weight excluding hydrogens is 739 g/mol. The minimum absolute atomic E-state index is 0.0175. The van der Waals surface area contributed by atoms with Crippen molar-refractivity contribution in [1.82, 2.24) is 20.4 Å². The van der Waals surface area contributed by atoms with E-state index in [1.54, 1.807) is 0 Å². The number of amides is 4. The Kier molecular flexibility index (Phi) is 18.0. The number of hydrogen-bond acceptors (Lipinski definition) is 3. The predicted molar refractivity (Wildman–Crippen MR) is 234 cm³/mol.